The Labute approximate surface area is 207 Å². The summed E-state index contributed by atoms with van der Waals surface area (Å²) in [5.74, 6) is -1.98. The van der Waals surface area contributed by atoms with E-state index >= 15 is 0 Å². The predicted octanol–water partition coefficient (Wildman–Crippen LogP) is 6.77. The van der Waals surface area contributed by atoms with E-state index < -0.39 is 23.1 Å². The number of carbonyl (C=O) groups excluding carboxylic acids is 1. The van der Waals surface area contributed by atoms with Gasteiger partial charge in [0, 0.05) is 27.6 Å². The van der Waals surface area contributed by atoms with E-state index in [0.717, 1.165) is 4.57 Å². The minimum absolute atomic E-state index is 0.0609. The molecule has 0 radical (unpaired) electrons. The number of hydrogen-bond acceptors (Lipinski definition) is 4. The van der Waals surface area contributed by atoms with Crippen LogP contribution in [0.3, 0.4) is 0 Å². The molecule has 0 spiro atoms. The summed E-state index contributed by atoms with van der Waals surface area (Å²) in [5.41, 5.74) is -0.219. The molecule has 2 heterocycles. The average molecular weight is 509 g/mol. The van der Waals surface area contributed by atoms with Gasteiger partial charge in [-0.2, -0.15) is 13.2 Å². The highest BCUT2D eigenvalue weighted by molar-refractivity contribution is 6.30. The molecule has 0 aliphatic carbocycles. The van der Waals surface area contributed by atoms with Crippen LogP contribution in [0, 0.1) is 0 Å². The van der Waals surface area contributed by atoms with Gasteiger partial charge >= 0.3 is 6.18 Å². The number of fused-ring (bicyclic) bond motifs is 1. The largest absolute Gasteiger partial charge is 0.455 e. The highest BCUT2D eigenvalue weighted by Crippen LogP contribution is 2.34. The van der Waals surface area contributed by atoms with Crippen molar-refractivity contribution < 1.29 is 22.5 Å². The minimum Gasteiger partial charge on any atom is -0.359 e. The van der Waals surface area contributed by atoms with Crippen LogP contribution in [-0.2, 0) is 6.54 Å². The van der Waals surface area contributed by atoms with E-state index in [1.807, 2.05) is 0 Å². The molecule has 0 bridgehead atoms. The zero-order chi connectivity index (χ0) is 25.4. The van der Waals surface area contributed by atoms with Crippen molar-refractivity contribution in [3.8, 4) is 22.4 Å². The van der Waals surface area contributed by atoms with Crippen molar-refractivity contribution in [3.05, 3.63) is 112 Å². The molecule has 5 nitrogen and oxygen atoms in total. The SMILES string of the molecule is O=C(c1c(-c2ccccc2)c2ccccc2n(Cc2cc(-c3ccc(Cl)cc3)no2)c1=O)C(F)(F)F. The molecule has 0 unspecified atom stereocenters. The molecule has 3 aromatic carbocycles. The standard InChI is InChI=1S/C27H16ClF3N2O3/c28-18-12-10-16(11-13-18)21-14-19(36-32-21)15-33-22-9-5-4-8-20(22)23(17-6-2-1-3-7-17)24(26(33)35)25(34)27(29,30)31/h1-14H,15H2. The van der Waals surface area contributed by atoms with Crippen molar-refractivity contribution in [1.29, 1.82) is 0 Å². The summed E-state index contributed by atoms with van der Waals surface area (Å²) in [7, 11) is 0. The molecular formula is C27H16ClF3N2O3. The van der Waals surface area contributed by atoms with E-state index in [4.69, 9.17) is 16.1 Å². The Hall–Kier alpha value is -4.17. The monoisotopic (exact) mass is 508 g/mol. The number of carbonyl (C=O) groups is 1. The summed E-state index contributed by atoms with van der Waals surface area (Å²) in [4.78, 5) is 26.1. The molecular weight excluding hydrogens is 493 g/mol. The summed E-state index contributed by atoms with van der Waals surface area (Å²) >= 11 is 5.92. The molecule has 0 aliphatic heterocycles. The molecule has 36 heavy (non-hydrogen) atoms. The lowest BCUT2D eigenvalue weighted by Gasteiger charge is -2.18. The number of benzene rings is 3. The molecule has 180 valence electrons. The van der Waals surface area contributed by atoms with Crippen LogP contribution in [0.1, 0.15) is 16.1 Å². The van der Waals surface area contributed by atoms with Crippen LogP contribution in [0.25, 0.3) is 33.3 Å². The third-order valence-electron chi connectivity index (χ3n) is 5.73. The van der Waals surface area contributed by atoms with Gasteiger partial charge < -0.3 is 4.52 Å². The zero-order valence-electron chi connectivity index (χ0n) is 18.4. The quantitative estimate of drug-likeness (QED) is 0.246. The summed E-state index contributed by atoms with van der Waals surface area (Å²) in [6.45, 7) is -0.229. The maximum Gasteiger partial charge on any atom is 0.455 e. The third-order valence-corrected chi connectivity index (χ3v) is 5.99. The number of ketones is 1. The van der Waals surface area contributed by atoms with Gasteiger partial charge in [-0.1, -0.05) is 77.4 Å². The van der Waals surface area contributed by atoms with Gasteiger partial charge in [-0.3, -0.25) is 14.2 Å². The van der Waals surface area contributed by atoms with Crippen LogP contribution in [-0.4, -0.2) is 21.7 Å². The van der Waals surface area contributed by atoms with Crippen molar-refractivity contribution in [2.75, 3.05) is 0 Å². The molecule has 0 fully saturated rings. The van der Waals surface area contributed by atoms with Crippen LogP contribution < -0.4 is 5.56 Å². The first-order chi connectivity index (χ1) is 17.2. The van der Waals surface area contributed by atoms with Crippen LogP contribution in [0.15, 0.2) is 94.2 Å². The number of alkyl halides is 3. The number of pyridine rings is 1. The molecule has 0 amide bonds. The Morgan fingerprint density at radius 1 is 0.917 bits per heavy atom. The second kappa shape index (κ2) is 9.13. The van der Waals surface area contributed by atoms with E-state index in [9.17, 15) is 22.8 Å². The Bertz CT molecular complexity index is 1640. The normalized spacial score (nSPS) is 11.7. The lowest BCUT2D eigenvalue weighted by atomic mass is 9.93. The fourth-order valence-electron chi connectivity index (χ4n) is 4.12. The lowest BCUT2D eigenvalue weighted by Crippen LogP contribution is -2.34. The molecule has 0 saturated carbocycles. The van der Waals surface area contributed by atoms with Crippen molar-refractivity contribution in [2.45, 2.75) is 12.7 Å². The van der Waals surface area contributed by atoms with E-state index in [-0.39, 0.29) is 17.9 Å². The highest BCUT2D eigenvalue weighted by Gasteiger charge is 2.43. The molecule has 0 atom stereocenters. The van der Waals surface area contributed by atoms with Gasteiger partial charge in [0.1, 0.15) is 11.3 Å². The maximum absolute atomic E-state index is 13.7. The number of halogens is 4. The third kappa shape index (κ3) is 4.31. The van der Waals surface area contributed by atoms with E-state index in [1.165, 1.54) is 0 Å². The molecule has 0 aliphatic rings. The van der Waals surface area contributed by atoms with Gasteiger partial charge in [0.25, 0.3) is 11.3 Å². The number of Topliss-reactive ketones (excluding diaryl/α,β-unsaturated/α-hetero) is 1. The Morgan fingerprint density at radius 3 is 2.28 bits per heavy atom. The topological polar surface area (TPSA) is 65.1 Å². The zero-order valence-corrected chi connectivity index (χ0v) is 19.2. The lowest BCUT2D eigenvalue weighted by molar-refractivity contribution is -0.0885. The van der Waals surface area contributed by atoms with E-state index in [1.54, 1.807) is 84.9 Å². The van der Waals surface area contributed by atoms with Gasteiger partial charge in [-0.15, -0.1) is 0 Å². The van der Waals surface area contributed by atoms with Crippen LogP contribution in [0.4, 0.5) is 13.2 Å². The number of hydrogen-bond donors (Lipinski definition) is 0. The summed E-state index contributed by atoms with van der Waals surface area (Å²) in [6.07, 6.45) is -5.24. The van der Waals surface area contributed by atoms with Gasteiger partial charge in [0.05, 0.1) is 12.1 Å². The Balaban J connectivity index is 1.72. The highest BCUT2D eigenvalue weighted by atomic mass is 35.5. The minimum atomic E-state index is -5.24. The van der Waals surface area contributed by atoms with Gasteiger partial charge in [-0.25, -0.2) is 0 Å². The van der Waals surface area contributed by atoms with Crippen LogP contribution in [0.2, 0.25) is 5.02 Å². The number of para-hydroxylation sites is 1. The first kappa shape index (κ1) is 23.6. The molecule has 0 saturated heterocycles. The molecule has 5 rings (SSSR count). The first-order valence-electron chi connectivity index (χ1n) is 10.8. The first-order valence-corrected chi connectivity index (χ1v) is 11.2. The number of aromatic nitrogens is 2. The van der Waals surface area contributed by atoms with Gasteiger partial charge in [0.2, 0.25) is 0 Å². The smallest absolute Gasteiger partial charge is 0.359 e. The second-order valence-corrected chi connectivity index (χ2v) is 8.47. The second-order valence-electron chi connectivity index (χ2n) is 8.04. The summed E-state index contributed by atoms with van der Waals surface area (Å²) in [6, 6.07) is 23.0. The average Bonchev–Trinajstić information content (AvgIpc) is 3.34. The number of nitrogens with zero attached hydrogens (tertiary/aromatic N) is 2. The molecule has 2 aromatic heterocycles. The van der Waals surface area contributed by atoms with Crippen LogP contribution in [0.5, 0.6) is 0 Å². The van der Waals surface area contributed by atoms with Crippen molar-refractivity contribution in [3.63, 3.8) is 0 Å². The summed E-state index contributed by atoms with van der Waals surface area (Å²) < 4.78 is 47.5. The predicted molar refractivity (Wildman–Crippen MR) is 130 cm³/mol. The van der Waals surface area contributed by atoms with Gasteiger partial charge in [-0.05, 0) is 23.8 Å². The maximum atomic E-state index is 13.7. The fraction of sp³-hybridized carbons (Fsp3) is 0.0741. The van der Waals surface area contributed by atoms with E-state index in [0.29, 0.717) is 32.7 Å². The number of rotatable bonds is 5. The van der Waals surface area contributed by atoms with E-state index in [2.05, 4.69) is 5.16 Å². The summed E-state index contributed by atoms with van der Waals surface area (Å²) in [5, 5.41) is 4.87. The van der Waals surface area contributed by atoms with Crippen molar-refractivity contribution in [2.24, 2.45) is 0 Å². The van der Waals surface area contributed by atoms with Gasteiger partial charge in [0.15, 0.2) is 5.76 Å². The van der Waals surface area contributed by atoms with Crippen molar-refractivity contribution in [1.82, 2.24) is 9.72 Å². The van der Waals surface area contributed by atoms with Crippen molar-refractivity contribution >= 4 is 28.3 Å². The van der Waals surface area contributed by atoms with Crippen LogP contribution >= 0.6 is 11.6 Å². The molecule has 5 aromatic rings. The molecule has 9 heteroatoms. The Morgan fingerprint density at radius 2 is 1.58 bits per heavy atom. The fourth-order valence-corrected chi connectivity index (χ4v) is 4.25. The molecule has 0 N–H and O–H groups in total. The Kier molecular flexibility index (Phi) is 5.97.